The third kappa shape index (κ3) is 4.01. The standard InChI is InChI=1S/C10H22N2O3S/c1-3-16(13,14)12-6-4-5-11(7-8-12)9-10-15-2/h3-10H2,1-2H3. The van der Waals surface area contributed by atoms with Crippen molar-refractivity contribution in [1.29, 1.82) is 0 Å². The van der Waals surface area contributed by atoms with Crippen molar-refractivity contribution in [3.8, 4) is 0 Å². The van der Waals surface area contributed by atoms with Gasteiger partial charge in [-0.1, -0.05) is 0 Å². The van der Waals surface area contributed by atoms with E-state index in [-0.39, 0.29) is 5.75 Å². The van der Waals surface area contributed by atoms with Crippen molar-refractivity contribution in [1.82, 2.24) is 9.21 Å². The van der Waals surface area contributed by atoms with Crippen molar-refractivity contribution in [2.45, 2.75) is 13.3 Å². The first-order valence-electron chi connectivity index (χ1n) is 5.79. The van der Waals surface area contributed by atoms with Crippen LogP contribution in [0, 0.1) is 0 Å². The molecule has 1 fully saturated rings. The van der Waals surface area contributed by atoms with Crippen molar-refractivity contribution >= 4 is 10.0 Å². The number of ether oxygens (including phenoxy) is 1. The summed E-state index contributed by atoms with van der Waals surface area (Å²) in [5, 5.41) is 0. The second kappa shape index (κ2) is 6.54. The molecule has 0 unspecified atom stereocenters. The lowest BCUT2D eigenvalue weighted by molar-refractivity contribution is 0.151. The lowest BCUT2D eigenvalue weighted by Crippen LogP contribution is -2.36. The molecule has 1 aliphatic rings. The van der Waals surface area contributed by atoms with Crippen molar-refractivity contribution in [3.63, 3.8) is 0 Å². The average molecular weight is 250 g/mol. The van der Waals surface area contributed by atoms with Gasteiger partial charge in [-0.2, -0.15) is 0 Å². The zero-order chi connectivity index (χ0) is 12.0. The molecule has 0 radical (unpaired) electrons. The Labute approximate surface area is 98.4 Å². The van der Waals surface area contributed by atoms with Gasteiger partial charge in [-0.25, -0.2) is 12.7 Å². The Hall–Kier alpha value is -0.170. The monoisotopic (exact) mass is 250 g/mol. The van der Waals surface area contributed by atoms with Gasteiger partial charge in [0.2, 0.25) is 10.0 Å². The molecule has 1 saturated heterocycles. The first-order valence-corrected chi connectivity index (χ1v) is 7.40. The van der Waals surface area contributed by atoms with E-state index < -0.39 is 10.0 Å². The van der Waals surface area contributed by atoms with Gasteiger partial charge in [-0.15, -0.1) is 0 Å². The highest BCUT2D eigenvalue weighted by molar-refractivity contribution is 7.89. The normalized spacial score (nSPS) is 20.9. The van der Waals surface area contributed by atoms with E-state index in [1.54, 1.807) is 18.3 Å². The number of hydrogen-bond donors (Lipinski definition) is 0. The van der Waals surface area contributed by atoms with Crippen LogP contribution in [-0.2, 0) is 14.8 Å². The van der Waals surface area contributed by atoms with E-state index in [2.05, 4.69) is 4.90 Å². The van der Waals surface area contributed by atoms with Crippen molar-refractivity contribution in [2.24, 2.45) is 0 Å². The topological polar surface area (TPSA) is 49.9 Å². The lowest BCUT2D eigenvalue weighted by Gasteiger charge is -2.20. The summed E-state index contributed by atoms with van der Waals surface area (Å²) in [7, 11) is -1.33. The first kappa shape index (κ1) is 13.9. The number of hydrogen-bond acceptors (Lipinski definition) is 4. The highest BCUT2D eigenvalue weighted by Crippen LogP contribution is 2.08. The largest absolute Gasteiger partial charge is 0.383 e. The summed E-state index contributed by atoms with van der Waals surface area (Å²) < 4.78 is 30.1. The quantitative estimate of drug-likeness (QED) is 0.688. The number of sulfonamides is 1. The van der Waals surface area contributed by atoms with Crippen molar-refractivity contribution < 1.29 is 13.2 Å². The molecule has 0 aromatic heterocycles. The maximum atomic E-state index is 11.7. The summed E-state index contributed by atoms with van der Waals surface area (Å²) >= 11 is 0. The Morgan fingerprint density at radius 1 is 1.19 bits per heavy atom. The van der Waals surface area contributed by atoms with Gasteiger partial charge in [0.25, 0.3) is 0 Å². The van der Waals surface area contributed by atoms with Crippen molar-refractivity contribution in [3.05, 3.63) is 0 Å². The van der Waals surface area contributed by atoms with Crippen LogP contribution in [0.5, 0.6) is 0 Å². The molecule has 0 saturated carbocycles. The predicted octanol–water partition coefficient (Wildman–Crippen LogP) is -0.00980. The summed E-state index contributed by atoms with van der Waals surface area (Å²) in [6.45, 7) is 6.32. The fourth-order valence-electron chi connectivity index (χ4n) is 1.85. The maximum Gasteiger partial charge on any atom is 0.213 e. The molecule has 16 heavy (non-hydrogen) atoms. The molecule has 0 amide bonds. The van der Waals surface area contributed by atoms with Gasteiger partial charge in [0.15, 0.2) is 0 Å². The molecule has 0 aromatic carbocycles. The van der Waals surface area contributed by atoms with Gasteiger partial charge >= 0.3 is 0 Å². The molecular formula is C10H22N2O3S. The minimum Gasteiger partial charge on any atom is -0.383 e. The SMILES string of the molecule is CCS(=O)(=O)N1CCCN(CCOC)CC1. The minimum absolute atomic E-state index is 0.199. The molecule has 96 valence electrons. The zero-order valence-electron chi connectivity index (χ0n) is 10.2. The minimum atomic E-state index is -3.01. The first-order chi connectivity index (χ1) is 7.60. The number of methoxy groups -OCH3 is 1. The van der Waals surface area contributed by atoms with Crippen molar-refractivity contribution in [2.75, 3.05) is 52.2 Å². The van der Waals surface area contributed by atoms with Gasteiger partial charge in [0, 0.05) is 33.3 Å². The number of nitrogens with zero attached hydrogens (tertiary/aromatic N) is 2. The predicted molar refractivity (Wildman–Crippen MR) is 64.0 cm³/mol. The Balaban J connectivity index is 2.46. The molecule has 0 aromatic rings. The Morgan fingerprint density at radius 2 is 1.94 bits per heavy atom. The molecule has 1 heterocycles. The van der Waals surface area contributed by atoms with E-state index in [0.717, 1.165) is 26.1 Å². The van der Waals surface area contributed by atoms with Gasteiger partial charge in [0.05, 0.1) is 12.4 Å². The average Bonchev–Trinajstić information content (AvgIpc) is 2.52. The highest BCUT2D eigenvalue weighted by Gasteiger charge is 2.23. The van der Waals surface area contributed by atoms with E-state index >= 15 is 0 Å². The molecule has 1 aliphatic heterocycles. The maximum absolute atomic E-state index is 11.7. The molecule has 1 rings (SSSR count). The Bertz CT molecular complexity index is 292. The summed E-state index contributed by atoms with van der Waals surface area (Å²) in [6, 6.07) is 0. The van der Waals surface area contributed by atoms with Crippen LogP contribution in [0.3, 0.4) is 0 Å². The van der Waals surface area contributed by atoms with Crippen LogP contribution in [-0.4, -0.2) is 69.8 Å². The fraction of sp³-hybridized carbons (Fsp3) is 1.00. The van der Waals surface area contributed by atoms with E-state index in [0.29, 0.717) is 19.7 Å². The van der Waals surface area contributed by atoms with Crippen LogP contribution in [0.25, 0.3) is 0 Å². The summed E-state index contributed by atoms with van der Waals surface area (Å²) in [5.74, 6) is 0.199. The smallest absolute Gasteiger partial charge is 0.213 e. The third-order valence-electron chi connectivity index (χ3n) is 2.92. The van der Waals surface area contributed by atoms with Crippen LogP contribution in [0.2, 0.25) is 0 Å². The molecule has 5 nitrogen and oxygen atoms in total. The molecule has 0 atom stereocenters. The van der Waals surface area contributed by atoms with E-state index in [9.17, 15) is 8.42 Å². The summed E-state index contributed by atoms with van der Waals surface area (Å²) in [5.41, 5.74) is 0. The van der Waals surface area contributed by atoms with Crippen LogP contribution in [0.4, 0.5) is 0 Å². The highest BCUT2D eigenvalue weighted by atomic mass is 32.2. The van der Waals surface area contributed by atoms with Gasteiger partial charge in [-0.3, -0.25) is 4.90 Å². The second-order valence-corrected chi connectivity index (χ2v) is 6.25. The molecule has 0 bridgehead atoms. The molecule has 6 heteroatoms. The lowest BCUT2D eigenvalue weighted by atomic mass is 10.4. The van der Waals surface area contributed by atoms with E-state index in [4.69, 9.17) is 4.74 Å². The fourth-order valence-corrected chi connectivity index (χ4v) is 2.98. The molecular weight excluding hydrogens is 228 g/mol. The third-order valence-corrected chi connectivity index (χ3v) is 4.80. The molecule has 0 N–H and O–H groups in total. The van der Waals surface area contributed by atoms with Gasteiger partial charge in [0.1, 0.15) is 0 Å². The molecule has 0 aliphatic carbocycles. The van der Waals surface area contributed by atoms with Gasteiger partial charge in [-0.05, 0) is 19.9 Å². The van der Waals surface area contributed by atoms with Crippen LogP contribution < -0.4 is 0 Å². The van der Waals surface area contributed by atoms with E-state index in [1.165, 1.54) is 0 Å². The Kier molecular flexibility index (Phi) is 5.68. The second-order valence-electron chi connectivity index (χ2n) is 3.99. The Morgan fingerprint density at radius 3 is 2.56 bits per heavy atom. The van der Waals surface area contributed by atoms with Crippen LogP contribution in [0.1, 0.15) is 13.3 Å². The zero-order valence-corrected chi connectivity index (χ0v) is 11.0. The molecule has 0 spiro atoms. The summed E-state index contributed by atoms with van der Waals surface area (Å²) in [6.07, 6.45) is 0.906. The van der Waals surface area contributed by atoms with Crippen LogP contribution >= 0.6 is 0 Å². The van der Waals surface area contributed by atoms with Gasteiger partial charge < -0.3 is 4.74 Å². The number of rotatable bonds is 5. The van der Waals surface area contributed by atoms with E-state index in [1.807, 2.05) is 0 Å². The summed E-state index contributed by atoms with van der Waals surface area (Å²) in [4.78, 5) is 2.26. The van der Waals surface area contributed by atoms with Crippen LogP contribution in [0.15, 0.2) is 0 Å².